The van der Waals surface area contributed by atoms with E-state index in [0.717, 1.165) is 11.6 Å². The van der Waals surface area contributed by atoms with Gasteiger partial charge in [-0.25, -0.2) is 9.37 Å². The van der Waals surface area contributed by atoms with Gasteiger partial charge < -0.3 is 15.3 Å². The maximum atomic E-state index is 14.6. The van der Waals surface area contributed by atoms with Crippen LogP contribution in [0.25, 0.3) is 22.3 Å². The number of piperazine rings is 1. The van der Waals surface area contributed by atoms with Gasteiger partial charge in [-0.2, -0.15) is 5.10 Å². The zero-order chi connectivity index (χ0) is 23.2. The van der Waals surface area contributed by atoms with E-state index in [1.165, 1.54) is 12.1 Å². The molecule has 33 heavy (non-hydrogen) atoms. The van der Waals surface area contributed by atoms with Crippen molar-refractivity contribution in [2.75, 3.05) is 19.6 Å². The molecule has 1 fully saturated rings. The number of hydrogen-bond acceptors (Lipinski definition) is 5. The molecule has 1 saturated heterocycles. The van der Waals surface area contributed by atoms with E-state index in [1.807, 2.05) is 49.1 Å². The molecule has 3 heterocycles. The molecule has 2 aromatic carbocycles. The lowest BCUT2D eigenvalue weighted by molar-refractivity contribution is 0.0418. The van der Waals surface area contributed by atoms with Crippen LogP contribution in [0.15, 0.2) is 54.6 Å². The number of carbonyl (C=O) groups is 1. The molecule has 1 amide bonds. The van der Waals surface area contributed by atoms with Crippen molar-refractivity contribution < 1.29 is 14.3 Å². The van der Waals surface area contributed by atoms with E-state index < -0.39 is 11.4 Å². The molecule has 168 valence electrons. The van der Waals surface area contributed by atoms with Gasteiger partial charge in [-0.3, -0.25) is 9.89 Å². The van der Waals surface area contributed by atoms with E-state index in [-0.39, 0.29) is 17.2 Å². The highest BCUT2D eigenvalue weighted by Crippen LogP contribution is 2.34. The second-order valence-corrected chi connectivity index (χ2v) is 8.53. The minimum absolute atomic E-state index is 0.166. The number of aromatic amines is 1. The van der Waals surface area contributed by atoms with Crippen LogP contribution in [0.5, 0.6) is 5.75 Å². The number of phenolic OH excluding ortho intramolecular Hbond substituents is 1. The van der Waals surface area contributed by atoms with Crippen molar-refractivity contribution in [1.82, 2.24) is 25.4 Å². The lowest BCUT2D eigenvalue weighted by Gasteiger charge is -2.45. The molecule has 0 aliphatic carbocycles. The van der Waals surface area contributed by atoms with Crippen LogP contribution < -0.4 is 5.32 Å². The first-order chi connectivity index (χ1) is 15.9. The molecule has 7 nitrogen and oxygen atoms in total. The number of aryl methyl sites for hydroxylation is 1. The average molecular weight is 445 g/mol. The Morgan fingerprint density at radius 3 is 2.73 bits per heavy atom. The number of nitrogens with one attached hydrogen (secondary N) is 2. The molecule has 8 heteroatoms. The Morgan fingerprint density at radius 1 is 1.18 bits per heavy atom. The third-order valence-corrected chi connectivity index (χ3v) is 6.39. The van der Waals surface area contributed by atoms with Crippen molar-refractivity contribution in [2.24, 2.45) is 0 Å². The van der Waals surface area contributed by atoms with Gasteiger partial charge in [0.2, 0.25) is 0 Å². The van der Waals surface area contributed by atoms with Crippen LogP contribution in [-0.4, -0.2) is 50.7 Å². The van der Waals surface area contributed by atoms with Crippen molar-refractivity contribution in [2.45, 2.75) is 19.4 Å². The Kier molecular flexibility index (Phi) is 5.09. The number of fused-ring (bicyclic) bond motifs is 1. The first-order valence-corrected chi connectivity index (χ1v) is 10.8. The molecule has 2 aromatic heterocycles. The molecular weight excluding hydrogens is 421 g/mol. The summed E-state index contributed by atoms with van der Waals surface area (Å²) in [5.41, 5.74) is 2.44. The molecule has 0 bridgehead atoms. The standard InChI is InChI=1S/C25H24FN5O2/c1-15-22-19(13-21(28-23(22)30-29-15)18-9-8-17(32)12-20(18)26)24(33)31-11-10-27-14-25(31,2)16-6-4-3-5-7-16/h3-9,12-13,27,32H,10-11,14H2,1-2H3,(H,28,29,30). The predicted octanol–water partition coefficient (Wildman–Crippen LogP) is 3.74. The van der Waals surface area contributed by atoms with Crippen molar-refractivity contribution in [3.8, 4) is 17.0 Å². The number of nitrogens with zero attached hydrogens (tertiary/aromatic N) is 3. The number of amides is 1. The summed E-state index contributed by atoms with van der Waals surface area (Å²) >= 11 is 0. The lowest BCUT2D eigenvalue weighted by Crippen LogP contribution is -2.59. The van der Waals surface area contributed by atoms with E-state index in [4.69, 9.17) is 0 Å². The van der Waals surface area contributed by atoms with Gasteiger partial charge in [0.25, 0.3) is 5.91 Å². The molecule has 1 aliphatic rings. The van der Waals surface area contributed by atoms with Gasteiger partial charge in [-0.1, -0.05) is 30.3 Å². The smallest absolute Gasteiger partial charge is 0.255 e. The molecule has 1 unspecified atom stereocenters. The Balaban J connectivity index is 1.67. The van der Waals surface area contributed by atoms with Gasteiger partial charge in [-0.15, -0.1) is 0 Å². The zero-order valence-electron chi connectivity index (χ0n) is 18.4. The summed E-state index contributed by atoms with van der Waals surface area (Å²) in [4.78, 5) is 20.5. The summed E-state index contributed by atoms with van der Waals surface area (Å²) in [6.45, 7) is 5.67. The van der Waals surface area contributed by atoms with Crippen LogP contribution in [0.1, 0.15) is 28.5 Å². The normalized spacial score (nSPS) is 18.6. The van der Waals surface area contributed by atoms with E-state index in [9.17, 15) is 14.3 Å². The minimum Gasteiger partial charge on any atom is -0.508 e. The van der Waals surface area contributed by atoms with Crippen LogP contribution >= 0.6 is 0 Å². The van der Waals surface area contributed by atoms with Crippen molar-refractivity contribution in [3.05, 3.63) is 77.2 Å². The molecule has 1 aliphatic heterocycles. The Labute approximate surface area is 190 Å². The molecular formula is C25H24FN5O2. The molecule has 5 rings (SSSR count). The van der Waals surface area contributed by atoms with Gasteiger partial charge >= 0.3 is 0 Å². The monoisotopic (exact) mass is 445 g/mol. The summed E-state index contributed by atoms with van der Waals surface area (Å²) in [5.74, 6) is -0.960. The van der Waals surface area contributed by atoms with Crippen molar-refractivity contribution in [1.29, 1.82) is 0 Å². The predicted molar refractivity (Wildman–Crippen MR) is 123 cm³/mol. The number of halogens is 1. The van der Waals surface area contributed by atoms with Gasteiger partial charge in [0.1, 0.15) is 11.6 Å². The SMILES string of the molecule is Cc1n[nH]c2nc(-c3ccc(O)cc3F)cc(C(=O)N3CCNCC3(C)c3ccccc3)c12. The highest BCUT2D eigenvalue weighted by molar-refractivity contribution is 6.07. The summed E-state index contributed by atoms with van der Waals surface area (Å²) < 4.78 is 14.6. The van der Waals surface area contributed by atoms with Gasteiger partial charge in [0.15, 0.2) is 5.65 Å². The highest BCUT2D eigenvalue weighted by Gasteiger charge is 2.40. The molecule has 0 spiro atoms. The summed E-state index contributed by atoms with van der Waals surface area (Å²) in [5, 5.41) is 20.7. The molecule has 4 aromatic rings. The molecule has 0 radical (unpaired) electrons. The fraction of sp³-hybridized carbons (Fsp3) is 0.240. The minimum atomic E-state index is -0.618. The fourth-order valence-electron chi connectivity index (χ4n) is 4.59. The number of rotatable bonds is 3. The summed E-state index contributed by atoms with van der Waals surface area (Å²) in [6.07, 6.45) is 0. The van der Waals surface area contributed by atoms with Gasteiger partial charge in [-0.05, 0) is 37.6 Å². The number of pyridine rings is 1. The van der Waals surface area contributed by atoms with Crippen LogP contribution in [0, 0.1) is 12.7 Å². The average Bonchev–Trinajstić information content (AvgIpc) is 3.19. The summed E-state index contributed by atoms with van der Waals surface area (Å²) in [7, 11) is 0. The number of hydrogen-bond donors (Lipinski definition) is 3. The van der Waals surface area contributed by atoms with E-state index >= 15 is 0 Å². The third-order valence-electron chi connectivity index (χ3n) is 6.39. The van der Waals surface area contributed by atoms with Gasteiger partial charge in [0, 0.05) is 31.3 Å². The Hall–Kier alpha value is -3.78. The maximum absolute atomic E-state index is 14.6. The van der Waals surface area contributed by atoms with E-state index in [1.54, 1.807) is 6.07 Å². The first-order valence-electron chi connectivity index (χ1n) is 10.8. The van der Waals surface area contributed by atoms with Crippen LogP contribution in [0.4, 0.5) is 4.39 Å². The molecule has 3 N–H and O–H groups in total. The fourth-order valence-corrected chi connectivity index (χ4v) is 4.59. The zero-order valence-corrected chi connectivity index (χ0v) is 18.4. The van der Waals surface area contributed by atoms with Gasteiger partial charge in [0.05, 0.1) is 27.9 Å². The van der Waals surface area contributed by atoms with Crippen LogP contribution in [0.2, 0.25) is 0 Å². The van der Waals surface area contributed by atoms with E-state index in [0.29, 0.717) is 47.6 Å². The number of H-pyrrole nitrogens is 1. The topological polar surface area (TPSA) is 94.1 Å². The number of carbonyl (C=O) groups excluding carboxylic acids is 1. The number of benzene rings is 2. The first kappa shape index (κ1) is 21.1. The van der Waals surface area contributed by atoms with Crippen molar-refractivity contribution in [3.63, 3.8) is 0 Å². The number of phenols is 1. The summed E-state index contributed by atoms with van der Waals surface area (Å²) in [6, 6.07) is 15.4. The van der Waals surface area contributed by atoms with Crippen LogP contribution in [-0.2, 0) is 5.54 Å². The largest absolute Gasteiger partial charge is 0.508 e. The Morgan fingerprint density at radius 2 is 1.97 bits per heavy atom. The number of aromatic nitrogens is 3. The van der Waals surface area contributed by atoms with E-state index in [2.05, 4.69) is 20.5 Å². The quantitative estimate of drug-likeness (QED) is 0.447. The number of aromatic hydroxyl groups is 1. The highest BCUT2D eigenvalue weighted by atomic mass is 19.1. The molecule has 0 saturated carbocycles. The van der Waals surface area contributed by atoms with Crippen LogP contribution in [0.3, 0.4) is 0 Å². The van der Waals surface area contributed by atoms with Crippen molar-refractivity contribution >= 4 is 16.9 Å². The maximum Gasteiger partial charge on any atom is 0.255 e. The second kappa shape index (κ2) is 7.97. The lowest BCUT2D eigenvalue weighted by atomic mass is 9.87. The Bertz CT molecular complexity index is 1350. The third kappa shape index (κ3) is 3.52. The molecule has 1 atom stereocenters. The second-order valence-electron chi connectivity index (χ2n) is 8.53.